The number of imidazole rings is 1. The minimum Gasteiger partial charge on any atom is -0.491 e. The monoisotopic (exact) mass is 289 g/mol. The summed E-state index contributed by atoms with van der Waals surface area (Å²) in [5.74, 6) is 0.529. The molecular formula is C15H19N3O3. The third-order valence-corrected chi connectivity index (χ3v) is 2.85. The van der Waals surface area contributed by atoms with Gasteiger partial charge in [0.05, 0.1) is 6.33 Å². The molecule has 0 aliphatic carbocycles. The van der Waals surface area contributed by atoms with Gasteiger partial charge >= 0.3 is 0 Å². The highest BCUT2D eigenvalue weighted by Crippen LogP contribution is 2.12. The van der Waals surface area contributed by atoms with Gasteiger partial charge in [-0.2, -0.15) is 0 Å². The van der Waals surface area contributed by atoms with E-state index < -0.39 is 6.10 Å². The highest BCUT2D eigenvalue weighted by atomic mass is 16.5. The Morgan fingerprint density at radius 3 is 3.10 bits per heavy atom. The Labute approximate surface area is 123 Å². The summed E-state index contributed by atoms with van der Waals surface area (Å²) in [7, 11) is 0. The molecule has 0 unspecified atom stereocenters. The van der Waals surface area contributed by atoms with Crippen LogP contribution in [0.1, 0.15) is 5.56 Å². The zero-order chi connectivity index (χ0) is 15.1. The number of nitrogens with zero attached hydrogens (tertiary/aromatic N) is 2. The van der Waals surface area contributed by atoms with Crippen LogP contribution in [-0.2, 0) is 11.3 Å². The number of carbonyl (C=O) groups excluding carboxylic acids is 1. The molecule has 21 heavy (non-hydrogen) atoms. The highest BCUT2D eigenvalue weighted by Gasteiger charge is 2.08. The van der Waals surface area contributed by atoms with Crippen molar-refractivity contribution in [3.63, 3.8) is 0 Å². The lowest BCUT2D eigenvalue weighted by molar-refractivity contribution is -0.122. The van der Waals surface area contributed by atoms with Gasteiger partial charge in [-0.3, -0.25) is 4.79 Å². The summed E-state index contributed by atoms with van der Waals surface area (Å²) < 4.78 is 7.13. The van der Waals surface area contributed by atoms with Gasteiger partial charge in [-0.25, -0.2) is 4.98 Å². The van der Waals surface area contributed by atoms with Crippen LogP contribution in [0.25, 0.3) is 0 Å². The largest absolute Gasteiger partial charge is 0.491 e. The first-order valence-electron chi connectivity index (χ1n) is 6.73. The Kier molecular flexibility index (Phi) is 5.34. The first-order valence-corrected chi connectivity index (χ1v) is 6.73. The Morgan fingerprint density at radius 2 is 2.38 bits per heavy atom. The average Bonchev–Trinajstić information content (AvgIpc) is 2.96. The molecule has 6 nitrogen and oxygen atoms in total. The third kappa shape index (κ3) is 5.27. The van der Waals surface area contributed by atoms with E-state index >= 15 is 0 Å². The summed E-state index contributed by atoms with van der Waals surface area (Å²) in [6.45, 7) is 2.44. The molecule has 2 aromatic rings. The van der Waals surface area contributed by atoms with Crippen LogP contribution < -0.4 is 10.1 Å². The fraction of sp³-hybridized carbons (Fsp3) is 0.333. The minimum absolute atomic E-state index is 0.134. The maximum atomic E-state index is 11.6. The molecule has 0 bridgehead atoms. The molecule has 2 N–H and O–H groups in total. The summed E-state index contributed by atoms with van der Waals surface area (Å²) in [5, 5.41) is 12.4. The first-order chi connectivity index (χ1) is 10.1. The Morgan fingerprint density at radius 1 is 1.52 bits per heavy atom. The predicted octanol–water partition coefficient (Wildman–Crippen LogP) is 0.748. The number of aliphatic hydroxyl groups is 1. The Bertz CT molecular complexity index is 569. The standard InChI is InChI=1S/C15H19N3O3/c1-12-3-2-4-14(7-12)21-10-13(19)8-17-15(20)9-18-6-5-16-11-18/h2-7,11,13,19H,8-10H2,1H3,(H,17,20)/t13-/m0/s1. The molecule has 1 amide bonds. The van der Waals surface area contributed by atoms with Gasteiger partial charge < -0.3 is 19.7 Å². The van der Waals surface area contributed by atoms with Crippen LogP contribution in [0.15, 0.2) is 43.0 Å². The molecule has 6 heteroatoms. The smallest absolute Gasteiger partial charge is 0.240 e. The lowest BCUT2D eigenvalue weighted by atomic mass is 10.2. The lowest BCUT2D eigenvalue weighted by Gasteiger charge is -2.13. The van der Waals surface area contributed by atoms with Crippen molar-refractivity contribution in [2.75, 3.05) is 13.2 Å². The van der Waals surface area contributed by atoms with Crippen LogP contribution in [-0.4, -0.2) is 39.8 Å². The number of hydrogen-bond donors (Lipinski definition) is 2. The van der Waals surface area contributed by atoms with E-state index in [0.29, 0.717) is 5.75 Å². The summed E-state index contributed by atoms with van der Waals surface area (Å²) >= 11 is 0. The highest BCUT2D eigenvalue weighted by molar-refractivity contribution is 5.75. The SMILES string of the molecule is Cc1cccc(OC[C@@H](O)CNC(=O)Cn2ccnc2)c1. The molecule has 1 atom stereocenters. The molecule has 0 saturated heterocycles. The molecule has 0 aliphatic rings. The zero-order valence-corrected chi connectivity index (χ0v) is 11.9. The van der Waals surface area contributed by atoms with Gasteiger partial charge in [0.25, 0.3) is 0 Å². The number of rotatable bonds is 7. The average molecular weight is 289 g/mol. The van der Waals surface area contributed by atoms with Crippen LogP contribution >= 0.6 is 0 Å². The number of aliphatic hydroxyl groups excluding tert-OH is 1. The fourth-order valence-corrected chi connectivity index (χ4v) is 1.79. The molecule has 2 rings (SSSR count). The topological polar surface area (TPSA) is 76.4 Å². The van der Waals surface area contributed by atoms with E-state index in [1.165, 1.54) is 0 Å². The number of hydrogen-bond acceptors (Lipinski definition) is 4. The maximum Gasteiger partial charge on any atom is 0.240 e. The number of carbonyl (C=O) groups is 1. The van der Waals surface area contributed by atoms with Crippen molar-refractivity contribution in [2.24, 2.45) is 0 Å². The van der Waals surface area contributed by atoms with E-state index in [2.05, 4.69) is 10.3 Å². The molecule has 0 radical (unpaired) electrons. The summed E-state index contributed by atoms with van der Waals surface area (Å²) in [6.07, 6.45) is 4.13. The van der Waals surface area contributed by atoms with E-state index in [1.54, 1.807) is 23.3 Å². The molecule has 0 fully saturated rings. The molecule has 0 aliphatic heterocycles. The van der Waals surface area contributed by atoms with E-state index in [4.69, 9.17) is 4.74 Å². The number of aryl methyl sites for hydroxylation is 1. The number of nitrogens with one attached hydrogen (secondary N) is 1. The van der Waals surface area contributed by atoms with Gasteiger partial charge in [-0.05, 0) is 24.6 Å². The lowest BCUT2D eigenvalue weighted by Crippen LogP contribution is -2.36. The molecule has 1 aromatic carbocycles. The van der Waals surface area contributed by atoms with E-state index in [9.17, 15) is 9.90 Å². The number of amides is 1. The summed E-state index contributed by atoms with van der Waals surface area (Å²) in [6, 6.07) is 7.59. The molecular weight excluding hydrogens is 270 g/mol. The van der Waals surface area contributed by atoms with Crippen molar-refractivity contribution in [3.05, 3.63) is 48.5 Å². The van der Waals surface area contributed by atoms with Gasteiger partial charge in [0.2, 0.25) is 5.91 Å². The van der Waals surface area contributed by atoms with E-state index in [-0.39, 0.29) is 25.6 Å². The number of aromatic nitrogens is 2. The van der Waals surface area contributed by atoms with Gasteiger partial charge in [0, 0.05) is 18.9 Å². The van der Waals surface area contributed by atoms with Gasteiger partial charge in [-0.1, -0.05) is 12.1 Å². The van der Waals surface area contributed by atoms with Crippen LogP contribution in [0.4, 0.5) is 0 Å². The normalized spacial score (nSPS) is 11.9. The molecule has 1 heterocycles. The second kappa shape index (κ2) is 7.44. The Hall–Kier alpha value is -2.34. The van der Waals surface area contributed by atoms with Gasteiger partial charge in [0.15, 0.2) is 0 Å². The Balaban J connectivity index is 1.67. The van der Waals surface area contributed by atoms with Crippen LogP contribution in [0.3, 0.4) is 0 Å². The summed E-state index contributed by atoms with van der Waals surface area (Å²) in [5.41, 5.74) is 1.09. The third-order valence-electron chi connectivity index (χ3n) is 2.85. The van der Waals surface area contributed by atoms with Crippen LogP contribution in [0.2, 0.25) is 0 Å². The molecule has 0 saturated carbocycles. The van der Waals surface area contributed by atoms with Crippen molar-refractivity contribution in [3.8, 4) is 5.75 Å². The number of benzene rings is 1. The van der Waals surface area contributed by atoms with Crippen molar-refractivity contribution >= 4 is 5.91 Å². The van der Waals surface area contributed by atoms with Crippen molar-refractivity contribution in [2.45, 2.75) is 19.6 Å². The summed E-state index contributed by atoms with van der Waals surface area (Å²) in [4.78, 5) is 15.5. The second-order valence-electron chi connectivity index (χ2n) is 4.82. The van der Waals surface area contributed by atoms with Crippen molar-refractivity contribution in [1.82, 2.24) is 14.9 Å². The van der Waals surface area contributed by atoms with Crippen molar-refractivity contribution < 1.29 is 14.6 Å². The van der Waals surface area contributed by atoms with Crippen LogP contribution in [0, 0.1) is 6.92 Å². The maximum absolute atomic E-state index is 11.6. The van der Waals surface area contributed by atoms with Gasteiger partial charge in [0.1, 0.15) is 25.0 Å². The minimum atomic E-state index is -0.753. The fourth-order valence-electron chi connectivity index (χ4n) is 1.79. The molecule has 0 spiro atoms. The number of ether oxygens (including phenoxy) is 1. The van der Waals surface area contributed by atoms with E-state index in [0.717, 1.165) is 5.56 Å². The first kappa shape index (κ1) is 15.1. The molecule has 1 aromatic heterocycles. The van der Waals surface area contributed by atoms with Crippen LogP contribution in [0.5, 0.6) is 5.75 Å². The molecule has 112 valence electrons. The quantitative estimate of drug-likeness (QED) is 0.788. The second-order valence-corrected chi connectivity index (χ2v) is 4.82. The zero-order valence-electron chi connectivity index (χ0n) is 11.9. The van der Waals surface area contributed by atoms with Crippen molar-refractivity contribution in [1.29, 1.82) is 0 Å². The van der Waals surface area contributed by atoms with E-state index in [1.807, 2.05) is 31.2 Å². The predicted molar refractivity (Wildman–Crippen MR) is 77.9 cm³/mol. The van der Waals surface area contributed by atoms with Gasteiger partial charge in [-0.15, -0.1) is 0 Å².